The smallest absolute Gasteiger partial charge is 0.250 e. The highest BCUT2D eigenvalue weighted by Crippen LogP contribution is 2.25. The highest BCUT2D eigenvalue weighted by Gasteiger charge is 2.11. The van der Waals surface area contributed by atoms with Gasteiger partial charge in [-0.15, -0.1) is 0 Å². The Kier molecular flexibility index (Phi) is 5.32. The molecule has 0 bridgehead atoms. The molecule has 1 aromatic rings. The van der Waals surface area contributed by atoms with Crippen LogP contribution in [0.3, 0.4) is 0 Å². The number of primary amides is 1. The minimum atomic E-state index is -0.573. The summed E-state index contributed by atoms with van der Waals surface area (Å²) in [7, 11) is 1.47. The van der Waals surface area contributed by atoms with Gasteiger partial charge in [0.15, 0.2) is 0 Å². The van der Waals surface area contributed by atoms with Crippen molar-refractivity contribution >= 4 is 17.5 Å². The van der Waals surface area contributed by atoms with Crippen LogP contribution in [0.25, 0.3) is 0 Å². The van der Waals surface area contributed by atoms with Crippen LogP contribution in [0, 0.1) is 0 Å². The molecule has 3 N–H and O–H groups in total. The minimum Gasteiger partial charge on any atom is -0.495 e. The average molecular weight is 266 g/mol. The summed E-state index contributed by atoms with van der Waals surface area (Å²) in [5.74, 6) is -0.451. The van der Waals surface area contributed by atoms with E-state index < -0.39 is 5.91 Å². The molecule has 104 valence electrons. The molecule has 0 radical (unpaired) electrons. The zero-order chi connectivity index (χ0) is 14.4. The van der Waals surface area contributed by atoms with Gasteiger partial charge in [0.1, 0.15) is 12.4 Å². The Hall–Kier alpha value is -2.08. The summed E-state index contributed by atoms with van der Waals surface area (Å²) in [6.45, 7) is 3.60. The molecule has 0 aromatic heterocycles. The molecule has 2 amide bonds. The van der Waals surface area contributed by atoms with Gasteiger partial charge in [0.2, 0.25) is 11.8 Å². The van der Waals surface area contributed by atoms with E-state index in [9.17, 15) is 9.59 Å². The zero-order valence-corrected chi connectivity index (χ0v) is 11.2. The fourth-order valence-electron chi connectivity index (χ4n) is 1.39. The first-order chi connectivity index (χ1) is 8.93. The first-order valence-electron chi connectivity index (χ1n) is 5.83. The number of anilines is 1. The highest BCUT2D eigenvalue weighted by molar-refractivity contribution is 5.97. The number of ether oxygens (including phenoxy) is 2. The van der Waals surface area contributed by atoms with Crippen LogP contribution < -0.4 is 15.8 Å². The van der Waals surface area contributed by atoms with Crippen molar-refractivity contribution in [2.75, 3.05) is 19.0 Å². The molecular weight excluding hydrogens is 248 g/mol. The van der Waals surface area contributed by atoms with E-state index in [4.69, 9.17) is 15.2 Å². The number of rotatable bonds is 6. The Morgan fingerprint density at radius 1 is 1.37 bits per heavy atom. The lowest BCUT2D eigenvalue weighted by Gasteiger charge is -2.12. The van der Waals surface area contributed by atoms with Gasteiger partial charge in [0, 0.05) is 5.56 Å². The molecule has 0 unspecified atom stereocenters. The Balaban J connectivity index is 2.82. The van der Waals surface area contributed by atoms with Crippen LogP contribution in [0.2, 0.25) is 0 Å². The molecule has 0 aliphatic heterocycles. The van der Waals surface area contributed by atoms with Crippen LogP contribution in [0.15, 0.2) is 18.2 Å². The number of carbonyl (C=O) groups excluding carboxylic acids is 2. The second-order valence-electron chi connectivity index (χ2n) is 4.19. The van der Waals surface area contributed by atoms with Gasteiger partial charge in [-0.2, -0.15) is 0 Å². The zero-order valence-electron chi connectivity index (χ0n) is 11.2. The molecular formula is C13H18N2O4. The molecule has 19 heavy (non-hydrogen) atoms. The fraction of sp³-hybridized carbons (Fsp3) is 0.385. The fourth-order valence-corrected chi connectivity index (χ4v) is 1.39. The molecule has 0 saturated heterocycles. The number of nitrogens with one attached hydrogen (secondary N) is 1. The summed E-state index contributed by atoms with van der Waals surface area (Å²) < 4.78 is 10.3. The largest absolute Gasteiger partial charge is 0.495 e. The third-order valence-corrected chi connectivity index (χ3v) is 2.31. The number of carbonyl (C=O) groups is 2. The predicted molar refractivity (Wildman–Crippen MR) is 71.2 cm³/mol. The van der Waals surface area contributed by atoms with Crippen molar-refractivity contribution < 1.29 is 19.1 Å². The number of methoxy groups -OCH3 is 1. The quantitative estimate of drug-likeness (QED) is 0.808. The Bertz CT molecular complexity index is 472. The van der Waals surface area contributed by atoms with Crippen molar-refractivity contribution in [2.45, 2.75) is 20.0 Å². The maximum Gasteiger partial charge on any atom is 0.250 e. The van der Waals surface area contributed by atoms with E-state index in [0.29, 0.717) is 17.0 Å². The van der Waals surface area contributed by atoms with Crippen molar-refractivity contribution in [1.29, 1.82) is 0 Å². The van der Waals surface area contributed by atoms with Crippen molar-refractivity contribution in [3.05, 3.63) is 23.8 Å². The number of hydrogen-bond acceptors (Lipinski definition) is 4. The van der Waals surface area contributed by atoms with Gasteiger partial charge in [0.05, 0.1) is 18.9 Å². The topological polar surface area (TPSA) is 90.6 Å². The Labute approximate surface area is 111 Å². The van der Waals surface area contributed by atoms with E-state index in [1.54, 1.807) is 6.07 Å². The normalized spacial score (nSPS) is 10.3. The van der Waals surface area contributed by atoms with Gasteiger partial charge in [-0.25, -0.2) is 0 Å². The van der Waals surface area contributed by atoms with E-state index in [0.717, 1.165) is 0 Å². The van der Waals surface area contributed by atoms with Gasteiger partial charge in [-0.3, -0.25) is 9.59 Å². The molecule has 1 aromatic carbocycles. The standard InChI is InChI=1S/C13H18N2O4/c1-8(2)19-7-12(16)15-10-6-9(13(14)17)4-5-11(10)18-3/h4-6,8H,7H2,1-3H3,(H2,14,17)(H,15,16). The average Bonchev–Trinajstić information content (AvgIpc) is 2.36. The maximum absolute atomic E-state index is 11.7. The molecule has 0 saturated carbocycles. The van der Waals surface area contributed by atoms with Gasteiger partial charge < -0.3 is 20.5 Å². The third-order valence-electron chi connectivity index (χ3n) is 2.31. The van der Waals surface area contributed by atoms with E-state index in [-0.39, 0.29) is 18.6 Å². The van der Waals surface area contributed by atoms with Gasteiger partial charge in [-0.1, -0.05) is 0 Å². The summed E-state index contributed by atoms with van der Waals surface area (Å²) >= 11 is 0. The SMILES string of the molecule is COc1ccc(C(N)=O)cc1NC(=O)COC(C)C. The van der Waals surface area contributed by atoms with Crippen LogP contribution in [0.1, 0.15) is 24.2 Å². The second-order valence-corrected chi connectivity index (χ2v) is 4.19. The predicted octanol–water partition coefficient (Wildman–Crippen LogP) is 1.16. The molecule has 0 aliphatic carbocycles. The maximum atomic E-state index is 11.7. The molecule has 0 aliphatic rings. The molecule has 0 spiro atoms. The van der Waals surface area contributed by atoms with Crippen molar-refractivity contribution in [2.24, 2.45) is 5.73 Å². The van der Waals surface area contributed by atoms with Crippen molar-refractivity contribution in [3.8, 4) is 5.75 Å². The monoisotopic (exact) mass is 266 g/mol. The van der Waals surface area contributed by atoms with Crippen LogP contribution in [0.5, 0.6) is 5.75 Å². The molecule has 6 nitrogen and oxygen atoms in total. The Morgan fingerprint density at radius 2 is 2.05 bits per heavy atom. The number of nitrogens with two attached hydrogens (primary N) is 1. The van der Waals surface area contributed by atoms with E-state index in [2.05, 4.69) is 5.32 Å². The minimum absolute atomic E-state index is 0.0374. The van der Waals surface area contributed by atoms with Crippen LogP contribution in [-0.2, 0) is 9.53 Å². The van der Waals surface area contributed by atoms with E-state index in [1.807, 2.05) is 13.8 Å². The third kappa shape index (κ3) is 4.59. The van der Waals surface area contributed by atoms with Crippen molar-refractivity contribution in [3.63, 3.8) is 0 Å². The highest BCUT2D eigenvalue weighted by atomic mass is 16.5. The van der Waals surface area contributed by atoms with Crippen molar-refractivity contribution in [1.82, 2.24) is 0 Å². The van der Waals surface area contributed by atoms with Gasteiger partial charge in [0.25, 0.3) is 0 Å². The lowest BCUT2D eigenvalue weighted by molar-refractivity contribution is -0.121. The van der Waals surface area contributed by atoms with Gasteiger partial charge >= 0.3 is 0 Å². The first kappa shape index (κ1) is 15.0. The molecule has 0 heterocycles. The number of amides is 2. The molecule has 1 rings (SSSR count). The summed E-state index contributed by atoms with van der Waals surface area (Å²) in [5, 5.41) is 2.62. The van der Waals surface area contributed by atoms with Crippen LogP contribution >= 0.6 is 0 Å². The Morgan fingerprint density at radius 3 is 2.58 bits per heavy atom. The molecule has 0 fully saturated rings. The summed E-state index contributed by atoms with van der Waals surface area (Å²) in [6.07, 6.45) is -0.0374. The van der Waals surface area contributed by atoms with Crippen LogP contribution in [0.4, 0.5) is 5.69 Å². The first-order valence-corrected chi connectivity index (χ1v) is 5.83. The molecule has 6 heteroatoms. The lowest BCUT2D eigenvalue weighted by Crippen LogP contribution is -2.21. The molecule has 0 atom stereocenters. The van der Waals surface area contributed by atoms with E-state index >= 15 is 0 Å². The van der Waals surface area contributed by atoms with Gasteiger partial charge in [-0.05, 0) is 32.0 Å². The number of benzene rings is 1. The summed E-state index contributed by atoms with van der Waals surface area (Å²) in [6, 6.07) is 4.56. The lowest BCUT2D eigenvalue weighted by atomic mass is 10.1. The summed E-state index contributed by atoms with van der Waals surface area (Å²) in [5.41, 5.74) is 5.86. The second kappa shape index (κ2) is 6.75. The summed E-state index contributed by atoms with van der Waals surface area (Å²) in [4.78, 5) is 22.8. The number of hydrogen-bond donors (Lipinski definition) is 2. The van der Waals surface area contributed by atoms with E-state index in [1.165, 1.54) is 19.2 Å². The van der Waals surface area contributed by atoms with Crippen LogP contribution in [-0.4, -0.2) is 31.6 Å².